The van der Waals surface area contributed by atoms with E-state index in [1.807, 2.05) is 0 Å². The molecule has 0 atom stereocenters. The predicted molar refractivity (Wildman–Crippen MR) is 88.7 cm³/mol. The largest absolute Gasteiger partial charge is 0.507 e. The van der Waals surface area contributed by atoms with Gasteiger partial charge in [-0.2, -0.15) is 0 Å². The third kappa shape index (κ3) is 2.94. The molecular formula is C18H16NO5Y-. The van der Waals surface area contributed by atoms with Crippen molar-refractivity contribution in [3.63, 3.8) is 0 Å². The van der Waals surface area contributed by atoms with Crippen molar-refractivity contribution in [3.8, 4) is 5.75 Å². The first-order chi connectivity index (χ1) is 10.8. The Morgan fingerprint density at radius 3 is 1.76 bits per heavy atom. The van der Waals surface area contributed by atoms with E-state index < -0.39 is 22.2 Å². The predicted octanol–water partition coefficient (Wildman–Crippen LogP) is 3.45. The maximum Gasteiger partial charge on any atom is 0.281 e. The molecule has 0 unspecified atom stereocenters. The van der Waals surface area contributed by atoms with E-state index >= 15 is 0 Å². The van der Waals surface area contributed by atoms with E-state index in [4.69, 9.17) is 0 Å². The Balaban J connectivity index is 0.00000156. The standard InChI is InChI=1S/C17H13NO5.CH3.Y/c1-7-4-5-8(2)12-11(7)16(20)13-10(18(22)23)6-9(3)15(19)14(13)17(12)21;;/h4-6,19H,1-3H3;1H3;/q;-1;. The molecule has 0 saturated carbocycles. The molecule has 1 aliphatic rings. The maximum absolute atomic E-state index is 12.8. The summed E-state index contributed by atoms with van der Waals surface area (Å²) in [6.07, 6.45) is 0. The topological polar surface area (TPSA) is 97.5 Å². The van der Waals surface area contributed by atoms with Crippen molar-refractivity contribution >= 4 is 17.3 Å². The maximum atomic E-state index is 12.8. The van der Waals surface area contributed by atoms with Crippen LogP contribution in [-0.2, 0) is 32.7 Å². The summed E-state index contributed by atoms with van der Waals surface area (Å²) >= 11 is 0. The number of phenolic OH excluding ortho intramolecular Hbond substituents is 1. The van der Waals surface area contributed by atoms with Crippen LogP contribution in [0.1, 0.15) is 48.5 Å². The van der Waals surface area contributed by atoms with Gasteiger partial charge in [-0.3, -0.25) is 19.7 Å². The smallest absolute Gasteiger partial charge is 0.281 e. The molecule has 6 nitrogen and oxygen atoms in total. The fraction of sp³-hybridized carbons (Fsp3) is 0.167. The van der Waals surface area contributed by atoms with E-state index in [2.05, 4.69) is 0 Å². The van der Waals surface area contributed by atoms with Crippen LogP contribution in [0, 0.1) is 38.3 Å². The van der Waals surface area contributed by atoms with E-state index in [-0.39, 0.29) is 73.7 Å². The molecule has 0 bridgehead atoms. The van der Waals surface area contributed by atoms with Crippen LogP contribution >= 0.6 is 0 Å². The monoisotopic (exact) mass is 415 g/mol. The fourth-order valence-electron chi connectivity index (χ4n) is 3.03. The van der Waals surface area contributed by atoms with Gasteiger partial charge >= 0.3 is 0 Å². The molecule has 25 heavy (non-hydrogen) atoms. The number of rotatable bonds is 1. The molecule has 0 heterocycles. The van der Waals surface area contributed by atoms with Crippen LogP contribution in [0.3, 0.4) is 0 Å². The summed E-state index contributed by atoms with van der Waals surface area (Å²) in [7, 11) is 0. The molecular weight excluding hydrogens is 399 g/mol. The van der Waals surface area contributed by atoms with Gasteiger partial charge in [-0.25, -0.2) is 0 Å². The number of nitro benzene ring substituents is 1. The van der Waals surface area contributed by atoms with Gasteiger partial charge in [0.25, 0.3) is 5.69 Å². The quantitative estimate of drug-likeness (QED) is 0.373. The molecule has 1 N–H and O–H groups in total. The van der Waals surface area contributed by atoms with Crippen molar-refractivity contribution in [2.24, 2.45) is 0 Å². The molecule has 0 fully saturated rings. The molecule has 2 aromatic carbocycles. The Morgan fingerprint density at radius 1 is 0.880 bits per heavy atom. The first kappa shape index (κ1) is 21.1. The van der Waals surface area contributed by atoms with Gasteiger partial charge < -0.3 is 12.5 Å². The zero-order valence-corrected chi connectivity index (χ0v) is 17.2. The number of carbonyl (C=O) groups is 2. The third-order valence-electron chi connectivity index (χ3n) is 4.20. The van der Waals surface area contributed by atoms with Crippen molar-refractivity contribution in [2.45, 2.75) is 20.8 Å². The van der Waals surface area contributed by atoms with Gasteiger partial charge in [0.2, 0.25) is 5.78 Å². The minimum absolute atomic E-state index is 0. The average molecular weight is 415 g/mol. The van der Waals surface area contributed by atoms with Crippen molar-refractivity contribution in [3.05, 3.63) is 74.7 Å². The van der Waals surface area contributed by atoms with Crippen LogP contribution < -0.4 is 0 Å². The molecule has 1 radical (unpaired) electrons. The fourth-order valence-corrected chi connectivity index (χ4v) is 3.03. The van der Waals surface area contributed by atoms with Crippen LogP contribution in [-0.4, -0.2) is 21.6 Å². The van der Waals surface area contributed by atoms with Crippen LogP contribution in [0.2, 0.25) is 0 Å². The molecule has 2 aromatic rings. The molecule has 0 aromatic heterocycles. The first-order valence-corrected chi connectivity index (χ1v) is 6.96. The van der Waals surface area contributed by atoms with Crippen LogP contribution in [0.15, 0.2) is 18.2 Å². The number of phenols is 1. The molecule has 0 saturated heterocycles. The van der Waals surface area contributed by atoms with Gasteiger partial charge in [-0.15, -0.1) is 0 Å². The zero-order valence-electron chi connectivity index (χ0n) is 14.3. The van der Waals surface area contributed by atoms with Gasteiger partial charge in [0.1, 0.15) is 11.3 Å². The Kier molecular flexibility index (Phi) is 6.03. The van der Waals surface area contributed by atoms with E-state index in [0.29, 0.717) is 11.1 Å². The second-order valence-corrected chi connectivity index (χ2v) is 5.68. The number of benzene rings is 2. The van der Waals surface area contributed by atoms with Crippen LogP contribution in [0.25, 0.3) is 0 Å². The second-order valence-electron chi connectivity index (χ2n) is 5.68. The first-order valence-electron chi connectivity index (χ1n) is 6.96. The average Bonchev–Trinajstić information content (AvgIpc) is 2.49. The van der Waals surface area contributed by atoms with Crippen LogP contribution in [0.4, 0.5) is 5.69 Å². The summed E-state index contributed by atoms with van der Waals surface area (Å²) in [4.78, 5) is 36.3. The summed E-state index contributed by atoms with van der Waals surface area (Å²) in [5, 5.41) is 21.5. The number of fused-ring (bicyclic) bond motifs is 2. The Bertz CT molecular complexity index is 934. The molecule has 0 spiro atoms. The van der Waals surface area contributed by atoms with Crippen molar-refractivity contribution < 1.29 is 52.3 Å². The van der Waals surface area contributed by atoms with Gasteiger partial charge in [0.05, 0.1) is 10.5 Å². The Morgan fingerprint density at radius 2 is 1.32 bits per heavy atom. The van der Waals surface area contributed by atoms with Crippen molar-refractivity contribution in [1.29, 1.82) is 0 Å². The SMILES string of the molecule is Cc1cc([N+](=O)[O-])c2c(c1O)C(=O)c1c(C)ccc(C)c1C2=O.[CH3-].[Y]. The number of aryl methyl sites for hydroxylation is 3. The van der Waals surface area contributed by atoms with Gasteiger partial charge in [0.15, 0.2) is 5.78 Å². The summed E-state index contributed by atoms with van der Waals surface area (Å²) in [5.74, 6) is -1.53. The number of nitrogens with zero attached hydrogens (tertiary/aromatic N) is 1. The molecule has 3 rings (SSSR count). The van der Waals surface area contributed by atoms with Gasteiger partial charge in [-0.1, -0.05) is 12.1 Å². The molecule has 1 aliphatic carbocycles. The molecule has 0 aliphatic heterocycles. The second kappa shape index (κ2) is 7.14. The number of nitro groups is 1. The normalized spacial score (nSPS) is 11.8. The van der Waals surface area contributed by atoms with E-state index in [1.54, 1.807) is 26.0 Å². The number of hydrogen-bond donors (Lipinski definition) is 1. The molecule has 7 heteroatoms. The number of carbonyl (C=O) groups excluding carboxylic acids is 2. The molecule has 0 amide bonds. The van der Waals surface area contributed by atoms with Gasteiger partial charge in [0, 0.05) is 49.9 Å². The zero-order chi connectivity index (χ0) is 17.0. The van der Waals surface area contributed by atoms with Crippen LogP contribution in [0.5, 0.6) is 5.75 Å². The Hall–Kier alpha value is -1.92. The number of hydrogen-bond acceptors (Lipinski definition) is 5. The van der Waals surface area contributed by atoms with Crippen molar-refractivity contribution in [1.82, 2.24) is 0 Å². The number of ketones is 2. The Labute approximate surface area is 170 Å². The van der Waals surface area contributed by atoms with E-state index in [9.17, 15) is 24.8 Å². The minimum atomic E-state index is -0.702. The third-order valence-corrected chi connectivity index (χ3v) is 4.20. The van der Waals surface area contributed by atoms with E-state index in [1.165, 1.54) is 6.92 Å². The summed E-state index contributed by atoms with van der Waals surface area (Å²) in [6, 6.07) is 4.53. The minimum Gasteiger partial charge on any atom is -0.507 e. The summed E-state index contributed by atoms with van der Waals surface area (Å²) in [5.41, 5.74) is 0.673. The molecule has 127 valence electrons. The van der Waals surface area contributed by atoms with Gasteiger partial charge in [-0.05, 0) is 37.5 Å². The summed E-state index contributed by atoms with van der Waals surface area (Å²) < 4.78 is 0. The number of aromatic hydroxyl groups is 1. The summed E-state index contributed by atoms with van der Waals surface area (Å²) in [6.45, 7) is 4.82. The van der Waals surface area contributed by atoms with E-state index in [0.717, 1.165) is 6.07 Å². The van der Waals surface area contributed by atoms with Crippen molar-refractivity contribution in [2.75, 3.05) is 0 Å².